The van der Waals surface area contributed by atoms with Gasteiger partial charge in [0.2, 0.25) is 23.6 Å². The van der Waals surface area contributed by atoms with Gasteiger partial charge in [-0.15, -0.1) is 22.7 Å². The third-order valence-electron chi connectivity index (χ3n) is 15.9. The van der Waals surface area contributed by atoms with E-state index in [4.69, 9.17) is 22.0 Å². The summed E-state index contributed by atoms with van der Waals surface area (Å²) in [7, 11) is 0. The first-order valence-corrected chi connectivity index (χ1v) is 27.8. The van der Waals surface area contributed by atoms with Crippen LogP contribution in [-0.4, -0.2) is 153 Å². The Morgan fingerprint density at radius 3 is 2.27 bits per heavy atom. The van der Waals surface area contributed by atoms with Crippen molar-refractivity contribution in [3.63, 3.8) is 0 Å². The molecule has 6 atom stereocenters. The topological polar surface area (TPSA) is 202 Å². The fourth-order valence-electron chi connectivity index (χ4n) is 11.6. The summed E-state index contributed by atoms with van der Waals surface area (Å²) in [6.45, 7) is 21.2. The summed E-state index contributed by atoms with van der Waals surface area (Å²) in [5.74, 6) is -0.722. The number of carbonyl (C=O) groups is 4. The highest BCUT2D eigenvalue weighted by molar-refractivity contribution is 7.17. The Morgan fingerprint density at radius 2 is 1.65 bits per heavy atom. The summed E-state index contributed by atoms with van der Waals surface area (Å²) >= 11 is 9.39. The molecule has 1 aliphatic carbocycles. The summed E-state index contributed by atoms with van der Waals surface area (Å²) in [6, 6.07) is 13.0. The molecule has 4 fully saturated rings. The molecular weight excluding hydrogens is 994 g/mol. The molecule has 16 nitrogen and oxygen atoms in total. The number of hydrogen-bond donors (Lipinski definition) is 5. The van der Waals surface area contributed by atoms with Gasteiger partial charge in [0, 0.05) is 84.2 Å². The van der Waals surface area contributed by atoms with Gasteiger partial charge in [-0.3, -0.25) is 49.7 Å². The fourth-order valence-corrected chi connectivity index (χ4v) is 13.7. The largest absolute Gasteiger partial charge is 0.391 e. The number of aliphatic hydroxyl groups is 1. The average molecular weight is 1060 g/mol. The maximum atomic E-state index is 14.4. The number of thiazole rings is 1. The zero-order valence-electron chi connectivity index (χ0n) is 43.9. The second-order valence-electron chi connectivity index (χ2n) is 22.5. The van der Waals surface area contributed by atoms with Crippen LogP contribution >= 0.6 is 34.3 Å². The summed E-state index contributed by atoms with van der Waals surface area (Å²) in [6.07, 6.45) is 1.25. The number of aromatic nitrogens is 1. The first-order chi connectivity index (χ1) is 35.0. The van der Waals surface area contributed by atoms with Crippen LogP contribution in [0.1, 0.15) is 106 Å². The van der Waals surface area contributed by atoms with Gasteiger partial charge in [0.15, 0.2) is 0 Å². The van der Waals surface area contributed by atoms with Crippen LogP contribution < -0.4 is 15.5 Å². The zero-order chi connectivity index (χ0) is 53.1. The van der Waals surface area contributed by atoms with Crippen molar-refractivity contribution in [3.05, 3.63) is 91.9 Å². The molecule has 3 saturated heterocycles. The van der Waals surface area contributed by atoms with Crippen molar-refractivity contribution >= 4 is 80.3 Å². The molecule has 0 unspecified atom stereocenters. The molecule has 6 heterocycles. The first-order valence-electron chi connectivity index (χ1n) is 25.7. The highest BCUT2D eigenvalue weighted by Crippen LogP contribution is 2.51. The van der Waals surface area contributed by atoms with Gasteiger partial charge in [0.25, 0.3) is 0 Å². The van der Waals surface area contributed by atoms with Crippen LogP contribution in [0.15, 0.2) is 59.0 Å². The number of aryl methyl sites for hydroxylation is 2. The molecule has 2 aromatic carbocycles. The van der Waals surface area contributed by atoms with Gasteiger partial charge >= 0.3 is 0 Å². The molecule has 4 aromatic rings. The van der Waals surface area contributed by atoms with Gasteiger partial charge in [-0.2, -0.15) is 0 Å². The Hall–Kier alpha value is -5.37. The van der Waals surface area contributed by atoms with Crippen LogP contribution in [0.4, 0.5) is 5.00 Å². The van der Waals surface area contributed by atoms with Crippen molar-refractivity contribution in [1.82, 2.24) is 35.2 Å². The average Bonchev–Trinajstić information content (AvgIpc) is 3.99. The van der Waals surface area contributed by atoms with Gasteiger partial charge in [-0.05, 0) is 88.6 Å². The Balaban J connectivity index is 0.759. The number of nitrogens with zero attached hydrogens (tertiary/aromatic N) is 7. The van der Waals surface area contributed by atoms with Crippen molar-refractivity contribution in [2.75, 3.05) is 50.7 Å². The van der Waals surface area contributed by atoms with Gasteiger partial charge in [-0.25, -0.2) is 4.98 Å². The number of amidine groups is 2. The normalized spacial score (nSPS) is 23.1. The summed E-state index contributed by atoms with van der Waals surface area (Å²) in [4.78, 5) is 77.4. The van der Waals surface area contributed by atoms with Gasteiger partial charge in [-0.1, -0.05) is 68.8 Å². The number of rotatable bonds is 12. The molecular formula is C55H70ClN11O5S2. The lowest BCUT2D eigenvalue weighted by Crippen LogP contribution is -2.69. The van der Waals surface area contributed by atoms with Gasteiger partial charge in [0.05, 0.1) is 46.9 Å². The molecule has 19 heteroatoms. The van der Waals surface area contributed by atoms with Crippen LogP contribution in [0, 0.1) is 42.4 Å². The molecule has 4 aliphatic heterocycles. The standard InChI is InChI=1S/C55H70ClN11O5S2/c1-30-24-64(40-22-55(23-40)27-65(28-55)45(70)21-42-50(58)67(35(6)57)53-46(31(2)34(5)74-53)47(61-42)37-14-16-39(56)17-15-37)19-18-63(30)26-44(69)62-49(54(7,8)9)52(72)66-25-41(68)20-43(66)51(71)60-32(3)36-10-12-38(13-11-36)48-33(4)59-29-73-48/h10-17,29-30,32,40-43,49,57-58,68H,18-28H2,1-9H3,(H,60,71)(H,62,69)/t30-,32-,41+,42-,43-,49+/m0/s1. The Kier molecular flexibility index (Phi) is 15.2. The molecule has 5 aliphatic rings. The molecule has 1 saturated carbocycles. The van der Waals surface area contributed by atoms with E-state index in [9.17, 15) is 29.7 Å². The number of hydrogen-bond acceptors (Lipinski definition) is 13. The number of halogens is 1. The summed E-state index contributed by atoms with van der Waals surface area (Å²) in [5.41, 5.74) is 7.61. The lowest BCUT2D eigenvalue weighted by Gasteiger charge is -2.62. The number of carbonyl (C=O) groups excluding carboxylic acids is 4. The maximum absolute atomic E-state index is 14.4. The smallest absolute Gasteiger partial charge is 0.246 e. The summed E-state index contributed by atoms with van der Waals surface area (Å²) in [5, 5.41) is 36.3. The van der Waals surface area contributed by atoms with E-state index in [1.54, 1.807) is 23.2 Å². The quantitative estimate of drug-likeness (QED) is 0.0719. The number of amides is 4. The van der Waals surface area contributed by atoms with Crippen molar-refractivity contribution in [2.24, 2.45) is 15.8 Å². The van der Waals surface area contributed by atoms with E-state index in [-0.39, 0.29) is 78.7 Å². The Bertz CT molecular complexity index is 2860. The molecule has 4 amide bonds. The van der Waals surface area contributed by atoms with E-state index in [0.717, 1.165) is 74.2 Å². The molecule has 5 N–H and O–H groups in total. The predicted molar refractivity (Wildman–Crippen MR) is 294 cm³/mol. The van der Waals surface area contributed by atoms with E-state index >= 15 is 0 Å². The Morgan fingerprint density at radius 1 is 0.973 bits per heavy atom. The number of aliphatic hydroxyl groups excluding tert-OH is 1. The number of thiophene rings is 1. The van der Waals surface area contributed by atoms with Crippen molar-refractivity contribution < 1.29 is 24.3 Å². The minimum Gasteiger partial charge on any atom is -0.391 e. The molecule has 0 radical (unpaired) electrons. The van der Waals surface area contributed by atoms with E-state index < -0.39 is 29.6 Å². The molecule has 2 aromatic heterocycles. The van der Waals surface area contributed by atoms with Crippen LogP contribution in [0.5, 0.6) is 0 Å². The highest BCUT2D eigenvalue weighted by atomic mass is 35.5. The fraction of sp³-hybridized carbons (Fsp3) is 0.527. The van der Waals surface area contributed by atoms with Gasteiger partial charge in [0.1, 0.15) is 34.8 Å². The number of piperazine rings is 1. The van der Waals surface area contributed by atoms with Crippen LogP contribution in [-0.2, 0) is 19.2 Å². The third-order valence-corrected chi connectivity index (χ3v) is 18.4. The highest BCUT2D eigenvalue weighted by Gasteiger charge is 2.55. The first kappa shape index (κ1) is 53.5. The van der Waals surface area contributed by atoms with Crippen LogP contribution in [0.2, 0.25) is 5.02 Å². The van der Waals surface area contributed by atoms with E-state index in [2.05, 4.69) is 32.3 Å². The van der Waals surface area contributed by atoms with Crippen molar-refractivity contribution in [3.8, 4) is 10.4 Å². The minimum atomic E-state index is -0.921. The molecule has 1 spiro atoms. The van der Waals surface area contributed by atoms with Crippen LogP contribution in [0.25, 0.3) is 10.4 Å². The van der Waals surface area contributed by atoms with E-state index in [1.165, 1.54) is 16.2 Å². The molecule has 394 valence electrons. The lowest BCUT2D eigenvalue weighted by atomic mass is 9.60. The SMILES string of the molecule is CC(=N)N1C(=N)[C@H](CC(=O)N2CC3(CC(N4CCN(CC(=O)N[C@H](C(=O)N5C[C@H](O)C[C@H]5C(=O)N[C@@H](C)c5ccc(-c6scnc6C)cc5)C(C)(C)C)[C@@H](C)C4)C3)C2)N=C(c2ccc(Cl)cc2)c2c1sc(C)c2C. The summed E-state index contributed by atoms with van der Waals surface area (Å²) < 4.78 is 0. The molecule has 0 bridgehead atoms. The number of anilines is 1. The lowest BCUT2D eigenvalue weighted by molar-refractivity contribution is -0.159. The number of nitrogens with one attached hydrogen (secondary N) is 4. The van der Waals surface area contributed by atoms with E-state index in [0.29, 0.717) is 36.4 Å². The van der Waals surface area contributed by atoms with Crippen molar-refractivity contribution in [1.29, 1.82) is 10.8 Å². The number of benzene rings is 2. The van der Waals surface area contributed by atoms with E-state index in [1.807, 2.05) is 107 Å². The maximum Gasteiger partial charge on any atom is 0.246 e. The monoisotopic (exact) mass is 1060 g/mol. The molecule has 74 heavy (non-hydrogen) atoms. The number of likely N-dealkylation sites (tertiary alicyclic amines) is 2. The van der Waals surface area contributed by atoms with Crippen molar-refractivity contribution in [2.45, 2.75) is 130 Å². The third kappa shape index (κ3) is 10.7. The minimum absolute atomic E-state index is 0.00141. The van der Waals surface area contributed by atoms with Gasteiger partial charge < -0.3 is 25.5 Å². The zero-order valence-corrected chi connectivity index (χ0v) is 46.3. The second-order valence-corrected chi connectivity index (χ2v) is 25.0. The van der Waals surface area contributed by atoms with Crippen LogP contribution in [0.3, 0.4) is 0 Å². The number of aliphatic imine (C=N–C) groups is 1. The second kappa shape index (κ2) is 21.0. The number of fused-ring (bicyclic) bond motifs is 1. The Labute approximate surface area is 447 Å². The number of β-amino-alcohol motifs (C(OH)–C–C–N with tert-alkyl or cyclic N) is 1. The predicted octanol–water partition coefficient (Wildman–Crippen LogP) is 7.21. The molecule has 9 rings (SSSR count).